The molecule has 1 unspecified atom stereocenters. The lowest BCUT2D eigenvalue weighted by Gasteiger charge is -2.40. The van der Waals surface area contributed by atoms with Gasteiger partial charge in [0.2, 0.25) is 5.91 Å². The third-order valence-electron chi connectivity index (χ3n) is 5.48. The molecular weight excluding hydrogens is 326 g/mol. The SMILES string of the molecule is COCCC(=O)N1CCC2(CCCN(Cc3cccc(F)c3F)C2)C1. The van der Waals surface area contributed by atoms with Crippen molar-refractivity contribution in [1.29, 1.82) is 0 Å². The number of methoxy groups -OCH3 is 1. The Morgan fingerprint density at radius 2 is 2.08 bits per heavy atom. The van der Waals surface area contributed by atoms with Crippen LogP contribution in [0, 0.1) is 17.0 Å². The second-order valence-corrected chi connectivity index (χ2v) is 7.34. The molecule has 0 bridgehead atoms. The summed E-state index contributed by atoms with van der Waals surface area (Å²) in [7, 11) is 1.60. The molecule has 0 aromatic heterocycles. The lowest BCUT2D eigenvalue weighted by molar-refractivity contribution is -0.131. The summed E-state index contributed by atoms with van der Waals surface area (Å²) in [6, 6.07) is 4.35. The fraction of sp³-hybridized carbons (Fsp3) is 0.632. The molecule has 2 fully saturated rings. The number of rotatable bonds is 5. The van der Waals surface area contributed by atoms with Crippen molar-refractivity contribution in [3.05, 3.63) is 35.4 Å². The van der Waals surface area contributed by atoms with E-state index in [1.54, 1.807) is 19.2 Å². The highest BCUT2D eigenvalue weighted by molar-refractivity contribution is 5.76. The van der Waals surface area contributed by atoms with Gasteiger partial charge in [0.15, 0.2) is 11.6 Å². The molecule has 3 rings (SSSR count). The Morgan fingerprint density at radius 3 is 2.88 bits per heavy atom. The van der Waals surface area contributed by atoms with E-state index in [0.717, 1.165) is 51.5 Å². The molecule has 1 atom stereocenters. The van der Waals surface area contributed by atoms with Crippen LogP contribution < -0.4 is 0 Å². The number of likely N-dealkylation sites (tertiary alicyclic amines) is 2. The van der Waals surface area contributed by atoms with Gasteiger partial charge in [-0.05, 0) is 31.9 Å². The standard InChI is InChI=1S/C19H26F2N2O2/c1-25-11-6-17(24)23-10-8-19(14-23)7-3-9-22(13-19)12-15-4-2-5-16(20)18(15)21/h2,4-5H,3,6-14H2,1H3. The molecule has 1 spiro atoms. The van der Waals surface area contributed by atoms with Crippen LogP contribution in [0.5, 0.6) is 0 Å². The van der Waals surface area contributed by atoms with Gasteiger partial charge in [0.25, 0.3) is 0 Å². The minimum absolute atomic E-state index is 0.0881. The number of hydrogen-bond acceptors (Lipinski definition) is 3. The summed E-state index contributed by atoms with van der Waals surface area (Å²) in [6.45, 7) is 4.13. The molecule has 4 nitrogen and oxygen atoms in total. The summed E-state index contributed by atoms with van der Waals surface area (Å²) in [5, 5.41) is 0. The average molecular weight is 352 g/mol. The first-order valence-electron chi connectivity index (χ1n) is 8.95. The van der Waals surface area contributed by atoms with Crippen LogP contribution in [0.25, 0.3) is 0 Å². The number of nitrogens with zero attached hydrogens (tertiary/aromatic N) is 2. The molecule has 1 aromatic carbocycles. The molecule has 0 N–H and O–H groups in total. The normalized spacial score (nSPS) is 24.2. The largest absolute Gasteiger partial charge is 0.384 e. The van der Waals surface area contributed by atoms with Gasteiger partial charge in [0.05, 0.1) is 13.0 Å². The topological polar surface area (TPSA) is 32.8 Å². The van der Waals surface area contributed by atoms with E-state index >= 15 is 0 Å². The van der Waals surface area contributed by atoms with Crippen LogP contribution in [-0.4, -0.2) is 55.6 Å². The average Bonchev–Trinajstić information content (AvgIpc) is 3.00. The van der Waals surface area contributed by atoms with E-state index in [1.807, 2.05) is 4.90 Å². The van der Waals surface area contributed by atoms with Crippen LogP contribution in [0.4, 0.5) is 8.78 Å². The third-order valence-corrected chi connectivity index (χ3v) is 5.48. The zero-order valence-corrected chi connectivity index (χ0v) is 14.8. The fourth-order valence-electron chi connectivity index (χ4n) is 4.19. The predicted octanol–water partition coefficient (Wildman–Crippen LogP) is 2.82. The van der Waals surface area contributed by atoms with Crippen molar-refractivity contribution in [3.63, 3.8) is 0 Å². The number of benzene rings is 1. The number of ether oxygens (including phenoxy) is 1. The van der Waals surface area contributed by atoms with Gasteiger partial charge in [-0.2, -0.15) is 0 Å². The quantitative estimate of drug-likeness (QED) is 0.817. The fourth-order valence-corrected chi connectivity index (χ4v) is 4.19. The van der Waals surface area contributed by atoms with E-state index in [2.05, 4.69) is 4.90 Å². The van der Waals surface area contributed by atoms with E-state index in [-0.39, 0.29) is 11.3 Å². The molecule has 2 saturated heterocycles. The maximum atomic E-state index is 13.9. The summed E-state index contributed by atoms with van der Waals surface area (Å²) < 4.78 is 32.4. The van der Waals surface area contributed by atoms with Crippen LogP contribution in [0.3, 0.4) is 0 Å². The maximum Gasteiger partial charge on any atom is 0.224 e. The van der Waals surface area contributed by atoms with Gasteiger partial charge in [0.1, 0.15) is 0 Å². The molecule has 25 heavy (non-hydrogen) atoms. The lowest BCUT2D eigenvalue weighted by Crippen LogP contribution is -2.45. The van der Waals surface area contributed by atoms with Crippen molar-refractivity contribution < 1.29 is 18.3 Å². The molecule has 0 radical (unpaired) electrons. The van der Waals surface area contributed by atoms with Gasteiger partial charge >= 0.3 is 0 Å². The molecule has 6 heteroatoms. The van der Waals surface area contributed by atoms with Crippen LogP contribution in [0.2, 0.25) is 0 Å². The first-order chi connectivity index (χ1) is 12.0. The van der Waals surface area contributed by atoms with Gasteiger partial charge in [-0.1, -0.05) is 12.1 Å². The first kappa shape index (κ1) is 18.3. The second kappa shape index (κ2) is 7.79. The highest BCUT2D eigenvalue weighted by Crippen LogP contribution is 2.39. The minimum atomic E-state index is -0.792. The van der Waals surface area contributed by atoms with E-state index in [0.29, 0.717) is 25.1 Å². The predicted molar refractivity (Wildman–Crippen MR) is 91.0 cm³/mol. The molecule has 1 amide bonds. The Morgan fingerprint density at radius 1 is 1.24 bits per heavy atom. The maximum absolute atomic E-state index is 13.9. The van der Waals surface area contributed by atoms with Crippen molar-refractivity contribution in [2.75, 3.05) is 39.9 Å². The molecule has 2 aliphatic rings. The molecule has 0 saturated carbocycles. The summed E-state index contributed by atoms with van der Waals surface area (Å²) in [5.74, 6) is -1.39. The minimum Gasteiger partial charge on any atom is -0.384 e. The van der Waals surface area contributed by atoms with E-state index in [9.17, 15) is 13.6 Å². The number of carbonyl (C=O) groups excluding carboxylic acids is 1. The summed E-state index contributed by atoms with van der Waals surface area (Å²) in [4.78, 5) is 16.4. The van der Waals surface area contributed by atoms with Crippen LogP contribution in [-0.2, 0) is 16.1 Å². The molecule has 2 aliphatic heterocycles. The van der Waals surface area contributed by atoms with E-state index in [4.69, 9.17) is 4.74 Å². The first-order valence-corrected chi connectivity index (χ1v) is 8.95. The number of carbonyl (C=O) groups is 1. The molecule has 2 heterocycles. The highest BCUT2D eigenvalue weighted by atomic mass is 19.2. The Labute approximate surface area is 147 Å². The van der Waals surface area contributed by atoms with Gasteiger partial charge in [-0.15, -0.1) is 0 Å². The zero-order chi connectivity index (χ0) is 17.9. The van der Waals surface area contributed by atoms with E-state index < -0.39 is 11.6 Å². The Kier molecular flexibility index (Phi) is 5.69. The van der Waals surface area contributed by atoms with Crippen molar-refractivity contribution >= 4 is 5.91 Å². The van der Waals surface area contributed by atoms with Crippen LogP contribution in [0.15, 0.2) is 18.2 Å². The molecular formula is C19H26F2N2O2. The summed E-state index contributed by atoms with van der Waals surface area (Å²) in [6.07, 6.45) is 3.51. The van der Waals surface area contributed by atoms with Crippen molar-refractivity contribution in [1.82, 2.24) is 9.80 Å². The second-order valence-electron chi connectivity index (χ2n) is 7.34. The summed E-state index contributed by atoms with van der Waals surface area (Å²) >= 11 is 0. The van der Waals surface area contributed by atoms with E-state index in [1.165, 1.54) is 0 Å². The summed E-state index contributed by atoms with van der Waals surface area (Å²) in [5.41, 5.74) is 0.494. The smallest absolute Gasteiger partial charge is 0.224 e. The number of hydrogen-bond donors (Lipinski definition) is 0. The Bertz CT molecular complexity index is 625. The van der Waals surface area contributed by atoms with Crippen molar-refractivity contribution in [3.8, 4) is 0 Å². The Hall–Kier alpha value is -1.53. The van der Waals surface area contributed by atoms with Crippen LogP contribution in [0.1, 0.15) is 31.2 Å². The van der Waals surface area contributed by atoms with Gasteiger partial charge in [-0.25, -0.2) is 8.78 Å². The Balaban J connectivity index is 1.61. The van der Waals surface area contributed by atoms with Crippen LogP contribution >= 0.6 is 0 Å². The monoisotopic (exact) mass is 352 g/mol. The molecule has 0 aliphatic carbocycles. The lowest BCUT2D eigenvalue weighted by atomic mass is 9.79. The third kappa shape index (κ3) is 4.18. The van der Waals surface area contributed by atoms with Crippen molar-refractivity contribution in [2.24, 2.45) is 5.41 Å². The number of piperidine rings is 1. The van der Waals surface area contributed by atoms with Gasteiger partial charge in [-0.3, -0.25) is 9.69 Å². The highest BCUT2D eigenvalue weighted by Gasteiger charge is 2.42. The number of amides is 1. The zero-order valence-electron chi connectivity index (χ0n) is 14.8. The number of halogens is 2. The molecule has 1 aromatic rings. The van der Waals surface area contributed by atoms with Gasteiger partial charge in [0, 0.05) is 44.3 Å². The molecule has 138 valence electrons. The van der Waals surface area contributed by atoms with Gasteiger partial charge < -0.3 is 9.64 Å². The van der Waals surface area contributed by atoms with Crippen molar-refractivity contribution in [2.45, 2.75) is 32.2 Å².